The topological polar surface area (TPSA) is 50.8 Å². The summed E-state index contributed by atoms with van der Waals surface area (Å²) in [6.07, 6.45) is 6.34. The molecule has 1 N–H and O–H groups in total. The van der Waals surface area contributed by atoms with Gasteiger partial charge >= 0.3 is 0 Å². The van der Waals surface area contributed by atoms with Crippen LogP contribution in [0.15, 0.2) is 0 Å². The van der Waals surface area contributed by atoms with Gasteiger partial charge in [0.1, 0.15) is 6.29 Å². The van der Waals surface area contributed by atoms with Gasteiger partial charge in [-0.3, -0.25) is 4.90 Å². The molecule has 0 amide bonds. The van der Waals surface area contributed by atoms with Crippen molar-refractivity contribution in [3.8, 4) is 0 Å². The monoisotopic (exact) mass is 416 g/mol. The van der Waals surface area contributed by atoms with Gasteiger partial charge in [-0.1, -0.05) is 26.7 Å². The van der Waals surface area contributed by atoms with Crippen LogP contribution < -0.4 is 5.32 Å². The van der Waals surface area contributed by atoms with Crippen LogP contribution in [-0.2, 0) is 14.3 Å². The Balaban J connectivity index is 1.52. The van der Waals surface area contributed by atoms with Crippen molar-refractivity contribution in [1.29, 1.82) is 0 Å². The lowest BCUT2D eigenvalue weighted by Gasteiger charge is -2.49. The number of hydrogen-bond donors (Lipinski definition) is 1. The molecule has 3 fully saturated rings. The minimum Gasteiger partial charge on any atom is -0.351 e. The maximum absolute atomic E-state index is 13.2. The summed E-state index contributed by atoms with van der Waals surface area (Å²) >= 11 is 0. The Hall–Kier alpha value is -0.630. The SMILES string of the molecule is CNC[C@@H]1CC[C@H]1[C@@H](CCC[C@H](C)[C@@H](C)C=O)C1OCC(N2CC(F)(F)C2)CO1. The van der Waals surface area contributed by atoms with Gasteiger partial charge in [-0.05, 0) is 50.6 Å². The maximum atomic E-state index is 13.2. The van der Waals surface area contributed by atoms with Crippen LogP contribution >= 0.6 is 0 Å². The molecule has 0 spiro atoms. The van der Waals surface area contributed by atoms with E-state index in [1.54, 1.807) is 4.90 Å². The van der Waals surface area contributed by atoms with E-state index in [1.807, 2.05) is 14.0 Å². The second-order valence-corrected chi connectivity index (χ2v) is 9.58. The second kappa shape index (κ2) is 10.1. The van der Waals surface area contributed by atoms with E-state index >= 15 is 0 Å². The van der Waals surface area contributed by atoms with Gasteiger partial charge in [0.2, 0.25) is 0 Å². The highest BCUT2D eigenvalue weighted by atomic mass is 19.3. The highest BCUT2D eigenvalue weighted by Gasteiger charge is 2.49. The van der Waals surface area contributed by atoms with Crippen molar-refractivity contribution in [1.82, 2.24) is 10.2 Å². The summed E-state index contributed by atoms with van der Waals surface area (Å²) < 4.78 is 38.5. The van der Waals surface area contributed by atoms with Crippen LogP contribution in [0.1, 0.15) is 46.0 Å². The van der Waals surface area contributed by atoms with Gasteiger partial charge in [0.05, 0.1) is 32.3 Å². The van der Waals surface area contributed by atoms with Gasteiger partial charge < -0.3 is 19.6 Å². The van der Waals surface area contributed by atoms with Crippen molar-refractivity contribution in [2.45, 2.75) is 64.2 Å². The van der Waals surface area contributed by atoms with E-state index in [4.69, 9.17) is 9.47 Å². The lowest BCUT2D eigenvalue weighted by atomic mass is 9.65. The standard InChI is InChI=1S/C22H38F2N2O3/c1-15(16(2)10-27)5-4-6-20(19-8-7-17(19)9-25-3)21-28-11-18(12-29-21)26-13-22(23,24)14-26/h10,15-21,25H,4-9,11-14H2,1-3H3/t15-,16-,17-,18?,19+,20+,21?/m0/s1. The van der Waals surface area contributed by atoms with Gasteiger partial charge in [-0.15, -0.1) is 0 Å². The normalized spacial score (nSPS) is 35.2. The van der Waals surface area contributed by atoms with Crippen LogP contribution in [0.4, 0.5) is 8.78 Å². The molecule has 29 heavy (non-hydrogen) atoms. The molecule has 5 nitrogen and oxygen atoms in total. The van der Waals surface area contributed by atoms with Crippen molar-refractivity contribution in [3.05, 3.63) is 0 Å². The van der Waals surface area contributed by atoms with Gasteiger partial charge in [-0.25, -0.2) is 8.78 Å². The Bertz CT molecular complexity index is 520. The molecular formula is C22H38F2N2O3. The first-order chi connectivity index (χ1) is 13.8. The first kappa shape index (κ1) is 23.0. The van der Waals surface area contributed by atoms with E-state index in [1.165, 1.54) is 12.8 Å². The van der Waals surface area contributed by atoms with Crippen molar-refractivity contribution < 1.29 is 23.0 Å². The van der Waals surface area contributed by atoms with Crippen LogP contribution in [0.3, 0.4) is 0 Å². The Labute approximate surface area is 173 Å². The quantitative estimate of drug-likeness (QED) is 0.524. The van der Waals surface area contributed by atoms with Crippen molar-refractivity contribution in [3.63, 3.8) is 0 Å². The molecule has 0 aromatic carbocycles. The van der Waals surface area contributed by atoms with Crippen LogP contribution in [0.5, 0.6) is 0 Å². The number of hydrogen-bond acceptors (Lipinski definition) is 5. The lowest BCUT2D eigenvalue weighted by Crippen LogP contribution is -2.63. The van der Waals surface area contributed by atoms with Crippen LogP contribution in [0.25, 0.3) is 0 Å². The maximum Gasteiger partial charge on any atom is 0.272 e. The third-order valence-electron chi connectivity index (χ3n) is 7.44. The third-order valence-corrected chi connectivity index (χ3v) is 7.44. The summed E-state index contributed by atoms with van der Waals surface area (Å²) in [7, 11) is 1.99. The molecule has 2 saturated heterocycles. The number of aldehydes is 1. The summed E-state index contributed by atoms with van der Waals surface area (Å²) in [5.41, 5.74) is 0. The van der Waals surface area contributed by atoms with Gasteiger partial charge in [0.15, 0.2) is 6.29 Å². The van der Waals surface area contributed by atoms with E-state index < -0.39 is 5.92 Å². The number of carbonyl (C=O) groups excluding carboxylic acids is 1. The molecule has 1 aliphatic carbocycles. The fourth-order valence-electron chi connectivity index (χ4n) is 5.07. The zero-order valence-corrected chi connectivity index (χ0v) is 18.1. The molecule has 1 saturated carbocycles. The highest BCUT2D eigenvalue weighted by molar-refractivity contribution is 5.53. The van der Waals surface area contributed by atoms with E-state index in [-0.39, 0.29) is 31.3 Å². The van der Waals surface area contributed by atoms with Crippen LogP contribution in [0, 0.1) is 29.6 Å². The summed E-state index contributed by atoms with van der Waals surface area (Å²) in [4.78, 5) is 12.8. The van der Waals surface area contributed by atoms with Crippen LogP contribution in [-0.4, -0.2) is 69.3 Å². The summed E-state index contributed by atoms with van der Waals surface area (Å²) in [6, 6.07) is -0.0607. The average Bonchev–Trinajstić information content (AvgIpc) is 2.67. The summed E-state index contributed by atoms with van der Waals surface area (Å²) in [6.45, 7) is 5.71. The van der Waals surface area contributed by atoms with E-state index in [0.29, 0.717) is 36.9 Å². The fourth-order valence-corrected chi connectivity index (χ4v) is 5.07. The zero-order chi connectivity index (χ0) is 21.0. The van der Waals surface area contributed by atoms with Crippen molar-refractivity contribution in [2.24, 2.45) is 29.6 Å². The van der Waals surface area contributed by atoms with Crippen molar-refractivity contribution >= 4 is 6.29 Å². The number of rotatable bonds is 11. The van der Waals surface area contributed by atoms with E-state index in [0.717, 1.165) is 32.1 Å². The Morgan fingerprint density at radius 3 is 2.38 bits per heavy atom. The van der Waals surface area contributed by atoms with Gasteiger partial charge in [0.25, 0.3) is 5.92 Å². The number of carbonyl (C=O) groups is 1. The minimum absolute atomic E-state index is 0.0607. The largest absolute Gasteiger partial charge is 0.351 e. The zero-order valence-electron chi connectivity index (χ0n) is 18.1. The van der Waals surface area contributed by atoms with Gasteiger partial charge in [0, 0.05) is 11.8 Å². The number of halogens is 2. The third kappa shape index (κ3) is 5.75. The molecule has 5 atom stereocenters. The lowest BCUT2D eigenvalue weighted by molar-refractivity contribution is -0.261. The molecule has 0 unspecified atom stereocenters. The Morgan fingerprint density at radius 1 is 1.17 bits per heavy atom. The average molecular weight is 417 g/mol. The predicted molar refractivity (Wildman–Crippen MR) is 108 cm³/mol. The smallest absolute Gasteiger partial charge is 0.272 e. The number of nitrogens with zero attached hydrogens (tertiary/aromatic N) is 1. The molecule has 3 aliphatic rings. The number of nitrogens with one attached hydrogen (secondary N) is 1. The first-order valence-electron chi connectivity index (χ1n) is 11.3. The second-order valence-electron chi connectivity index (χ2n) is 9.58. The van der Waals surface area contributed by atoms with Crippen LogP contribution in [0.2, 0.25) is 0 Å². The molecule has 0 radical (unpaired) electrons. The first-order valence-corrected chi connectivity index (χ1v) is 11.3. The molecule has 0 aromatic rings. The van der Waals surface area contributed by atoms with Crippen molar-refractivity contribution in [2.75, 3.05) is 39.9 Å². The highest BCUT2D eigenvalue weighted by Crippen LogP contribution is 2.44. The number of ether oxygens (including phenoxy) is 2. The van der Waals surface area contributed by atoms with E-state index in [9.17, 15) is 13.6 Å². The molecule has 0 aromatic heterocycles. The molecular weight excluding hydrogens is 378 g/mol. The number of alkyl halides is 2. The molecule has 2 heterocycles. The molecule has 7 heteroatoms. The Morgan fingerprint density at radius 2 is 1.86 bits per heavy atom. The molecule has 2 aliphatic heterocycles. The summed E-state index contributed by atoms with van der Waals surface area (Å²) in [5.74, 6) is -0.521. The summed E-state index contributed by atoms with van der Waals surface area (Å²) in [5, 5.41) is 3.30. The van der Waals surface area contributed by atoms with Gasteiger partial charge in [-0.2, -0.15) is 0 Å². The predicted octanol–water partition coefficient (Wildman–Crippen LogP) is 3.18. The van der Waals surface area contributed by atoms with E-state index in [2.05, 4.69) is 12.2 Å². The molecule has 0 bridgehead atoms. The fraction of sp³-hybridized carbons (Fsp3) is 0.955. The minimum atomic E-state index is -2.55. The number of likely N-dealkylation sites (tertiary alicyclic amines) is 1. The molecule has 168 valence electrons. The Kier molecular flexibility index (Phi) is 8.04. The molecule has 3 rings (SSSR count).